The van der Waals surface area contributed by atoms with Gasteiger partial charge in [-0.15, -0.1) is 0 Å². The van der Waals surface area contributed by atoms with E-state index in [0.29, 0.717) is 29.6 Å². The SMILES string of the molecule is COCCNC(=S)NN=Cc1ccccc1OCC(=O)O. The van der Waals surface area contributed by atoms with Gasteiger partial charge in [-0.05, 0) is 24.4 Å². The molecule has 0 heterocycles. The Kier molecular flexibility index (Phi) is 7.77. The quantitative estimate of drug-likeness (QED) is 0.280. The number of aliphatic carboxylic acids is 1. The zero-order valence-corrected chi connectivity index (χ0v) is 12.4. The Labute approximate surface area is 127 Å². The highest BCUT2D eigenvalue weighted by Crippen LogP contribution is 2.15. The maximum atomic E-state index is 10.5. The molecule has 0 unspecified atom stereocenters. The molecule has 0 fully saturated rings. The van der Waals surface area contributed by atoms with Crippen LogP contribution in [0.15, 0.2) is 29.4 Å². The number of hydrogen-bond acceptors (Lipinski definition) is 5. The molecule has 7 nitrogen and oxygen atoms in total. The highest BCUT2D eigenvalue weighted by molar-refractivity contribution is 7.80. The van der Waals surface area contributed by atoms with Crippen molar-refractivity contribution in [1.29, 1.82) is 0 Å². The van der Waals surface area contributed by atoms with Crippen molar-refractivity contribution in [3.63, 3.8) is 0 Å². The standard InChI is InChI=1S/C13H17N3O4S/c1-19-7-6-14-13(21)16-15-8-10-4-2-3-5-11(10)20-9-12(17)18/h2-5,8H,6-7,9H2,1H3,(H,17,18)(H2,14,16,21). The van der Waals surface area contributed by atoms with Crippen LogP contribution >= 0.6 is 12.2 Å². The summed E-state index contributed by atoms with van der Waals surface area (Å²) in [7, 11) is 1.60. The number of nitrogens with one attached hydrogen (secondary N) is 2. The molecule has 0 radical (unpaired) electrons. The molecule has 0 saturated heterocycles. The molecule has 0 aliphatic heterocycles. The van der Waals surface area contributed by atoms with E-state index in [1.807, 2.05) is 0 Å². The van der Waals surface area contributed by atoms with Crippen LogP contribution in [0.4, 0.5) is 0 Å². The minimum absolute atomic E-state index is 0.368. The number of ether oxygens (including phenoxy) is 2. The Bertz CT molecular complexity index is 508. The number of nitrogens with zero attached hydrogens (tertiary/aromatic N) is 1. The molecule has 0 aromatic heterocycles. The molecule has 0 aliphatic rings. The Morgan fingerprint density at radius 1 is 1.48 bits per heavy atom. The summed E-state index contributed by atoms with van der Waals surface area (Å²) in [6.07, 6.45) is 1.50. The van der Waals surface area contributed by atoms with E-state index in [4.69, 9.17) is 26.8 Å². The van der Waals surface area contributed by atoms with Crippen LogP contribution in [0.2, 0.25) is 0 Å². The van der Waals surface area contributed by atoms with Crippen LogP contribution in [0, 0.1) is 0 Å². The second kappa shape index (κ2) is 9.67. The maximum absolute atomic E-state index is 10.5. The fourth-order valence-corrected chi connectivity index (χ4v) is 1.48. The molecule has 8 heteroatoms. The Morgan fingerprint density at radius 3 is 2.95 bits per heavy atom. The second-order valence-electron chi connectivity index (χ2n) is 3.84. The molecule has 0 saturated carbocycles. The summed E-state index contributed by atoms with van der Waals surface area (Å²) < 4.78 is 10.0. The molecular formula is C13H17N3O4S. The van der Waals surface area contributed by atoms with E-state index in [2.05, 4.69) is 15.8 Å². The van der Waals surface area contributed by atoms with Crippen molar-refractivity contribution in [1.82, 2.24) is 10.7 Å². The molecule has 0 amide bonds. The molecule has 1 rings (SSSR count). The van der Waals surface area contributed by atoms with Crippen molar-refractivity contribution in [3.05, 3.63) is 29.8 Å². The number of para-hydroxylation sites is 1. The number of hydrogen-bond donors (Lipinski definition) is 3. The Morgan fingerprint density at radius 2 is 2.24 bits per heavy atom. The van der Waals surface area contributed by atoms with Crippen LogP contribution in [-0.2, 0) is 9.53 Å². The van der Waals surface area contributed by atoms with E-state index in [1.165, 1.54) is 6.21 Å². The second-order valence-corrected chi connectivity index (χ2v) is 4.25. The van der Waals surface area contributed by atoms with E-state index in [1.54, 1.807) is 31.4 Å². The first-order valence-electron chi connectivity index (χ1n) is 6.13. The van der Waals surface area contributed by atoms with Gasteiger partial charge in [0.15, 0.2) is 11.7 Å². The summed E-state index contributed by atoms with van der Waals surface area (Å²) in [6, 6.07) is 6.96. The monoisotopic (exact) mass is 311 g/mol. The van der Waals surface area contributed by atoms with Crippen LogP contribution in [0.1, 0.15) is 5.56 Å². The van der Waals surface area contributed by atoms with E-state index in [9.17, 15) is 4.79 Å². The highest BCUT2D eigenvalue weighted by atomic mass is 32.1. The fraction of sp³-hybridized carbons (Fsp3) is 0.308. The first-order chi connectivity index (χ1) is 10.1. The summed E-state index contributed by atoms with van der Waals surface area (Å²) in [5.41, 5.74) is 3.29. The number of carbonyl (C=O) groups is 1. The molecule has 21 heavy (non-hydrogen) atoms. The van der Waals surface area contributed by atoms with Gasteiger partial charge in [0.1, 0.15) is 5.75 Å². The highest BCUT2D eigenvalue weighted by Gasteiger charge is 2.03. The van der Waals surface area contributed by atoms with Crippen LogP contribution in [-0.4, -0.2) is 49.3 Å². The number of benzene rings is 1. The Balaban J connectivity index is 2.51. The lowest BCUT2D eigenvalue weighted by atomic mass is 10.2. The number of carboxylic acid groups (broad SMARTS) is 1. The normalized spacial score (nSPS) is 10.3. The number of rotatable bonds is 8. The van der Waals surface area contributed by atoms with Crippen molar-refractivity contribution in [2.45, 2.75) is 0 Å². The molecule has 1 aromatic rings. The molecule has 3 N–H and O–H groups in total. The van der Waals surface area contributed by atoms with Gasteiger partial charge >= 0.3 is 5.97 Å². The topological polar surface area (TPSA) is 92.2 Å². The molecule has 114 valence electrons. The predicted octanol–water partition coefficient (Wildman–Crippen LogP) is 0.594. The number of methoxy groups -OCH3 is 1. The lowest BCUT2D eigenvalue weighted by Gasteiger charge is -2.07. The largest absolute Gasteiger partial charge is 0.481 e. The van der Waals surface area contributed by atoms with Gasteiger partial charge in [-0.25, -0.2) is 4.79 Å². The third-order valence-electron chi connectivity index (χ3n) is 2.23. The number of carboxylic acids is 1. The summed E-state index contributed by atoms with van der Waals surface area (Å²) in [6.45, 7) is 0.711. The number of hydrazone groups is 1. The molecule has 0 atom stereocenters. The van der Waals surface area contributed by atoms with Crippen LogP contribution in [0.3, 0.4) is 0 Å². The van der Waals surface area contributed by atoms with Crippen molar-refractivity contribution in [3.8, 4) is 5.75 Å². The van der Waals surface area contributed by atoms with Crippen molar-refractivity contribution < 1.29 is 19.4 Å². The predicted molar refractivity (Wildman–Crippen MR) is 82.8 cm³/mol. The average Bonchev–Trinajstić information content (AvgIpc) is 2.46. The summed E-state index contributed by atoms with van der Waals surface area (Å²) in [5, 5.41) is 15.8. The van der Waals surface area contributed by atoms with E-state index < -0.39 is 12.6 Å². The third kappa shape index (κ3) is 7.23. The van der Waals surface area contributed by atoms with Gasteiger partial charge < -0.3 is 19.9 Å². The lowest BCUT2D eigenvalue weighted by Crippen LogP contribution is -2.34. The zero-order chi connectivity index (χ0) is 15.5. The van der Waals surface area contributed by atoms with E-state index >= 15 is 0 Å². The van der Waals surface area contributed by atoms with Crippen LogP contribution < -0.4 is 15.5 Å². The van der Waals surface area contributed by atoms with Gasteiger partial charge in [-0.1, -0.05) is 12.1 Å². The van der Waals surface area contributed by atoms with E-state index in [-0.39, 0.29) is 0 Å². The first-order valence-corrected chi connectivity index (χ1v) is 6.53. The van der Waals surface area contributed by atoms with Gasteiger partial charge in [-0.3, -0.25) is 5.43 Å². The summed E-state index contributed by atoms with van der Waals surface area (Å²) in [5.74, 6) is -0.605. The van der Waals surface area contributed by atoms with Gasteiger partial charge in [0.25, 0.3) is 0 Å². The van der Waals surface area contributed by atoms with E-state index in [0.717, 1.165) is 0 Å². The minimum atomic E-state index is -1.04. The van der Waals surface area contributed by atoms with Gasteiger partial charge in [-0.2, -0.15) is 5.10 Å². The van der Waals surface area contributed by atoms with Crippen molar-refractivity contribution in [2.24, 2.45) is 5.10 Å². The minimum Gasteiger partial charge on any atom is -0.481 e. The lowest BCUT2D eigenvalue weighted by molar-refractivity contribution is -0.139. The van der Waals surface area contributed by atoms with Crippen molar-refractivity contribution >= 4 is 29.5 Å². The first kappa shape index (κ1) is 16.9. The fourth-order valence-electron chi connectivity index (χ4n) is 1.32. The zero-order valence-electron chi connectivity index (χ0n) is 11.5. The summed E-state index contributed by atoms with van der Waals surface area (Å²) >= 11 is 5.00. The van der Waals surface area contributed by atoms with Gasteiger partial charge in [0, 0.05) is 19.2 Å². The molecule has 0 spiro atoms. The molecular weight excluding hydrogens is 294 g/mol. The van der Waals surface area contributed by atoms with Crippen LogP contribution in [0.5, 0.6) is 5.75 Å². The average molecular weight is 311 g/mol. The smallest absolute Gasteiger partial charge is 0.341 e. The summed E-state index contributed by atoms with van der Waals surface area (Å²) in [4.78, 5) is 10.5. The van der Waals surface area contributed by atoms with Crippen LogP contribution in [0.25, 0.3) is 0 Å². The van der Waals surface area contributed by atoms with Gasteiger partial charge in [0.05, 0.1) is 12.8 Å². The third-order valence-corrected chi connectivity index (χ3v) is 2.47. The Hall–Kier alpha value is -2.19. The number of thiocarbonyl (C=S) groups is 1. The van der Waals surface area contributed by atoms with Crippen molar-refractivity contribution in [2.75, 3.05) is 26.9 Å². The molecule has 1 aromatic carbocycles. The van der Waals surface area contributed by atoms with Gasteiger partial charge in [0.2, 0.25) is 0 Å². The molecule has 0 bridgehead atoms. The maximum Gasteiger partial charge on any atom is 0.341 e. The molecule has 0 aliphatic carbocycles.